The van der Waals surface area contributed by atoms with Crippen LogP contribution in [0.15, 0.2) is 12.3 Å². The van der Waals surface area contributed by atoms with Crippen molar-refractivity contribution in [1.82, 2.24) is 14.5 Å². The molecule has 16 heavy (non-hydrogen) atoms. The minimum absolute atomic E-state index is 0.502. The fourth-order valence-corrected chi connectivity index (χ4v) is 1.96. The molecule has 2 aromatic rings. The van der Waals surface area contributed by atoms with Crippen LogP contribution in [-0.2, 0) is 6.54 Å². The fourth-order valence-electron chi connectivity index (χ4n) is 1.67. The first kappa shape index (κ1) is 11.3. The molecule has 2 N–H and O–H groups in total. The Morgan fingerprint density at radius 2 is 2.31 bits per heavy atom. The third-order valence-electron chi connectivity index (χ3n) is 2.71. The molecule has 0 spiro atoms. The van der Waals surface area contributed by atoms with E-state index in [1.807, 2.05) is 29.3 Å². The number of nitrogens with zero attached hydrogens (tertiary/aromatic N) is 3. The lowest BCUT2D eigenvalue weighted by Gasteiger charge is -2.10. The predicted molar refractivity (Wildman–Crippen MR) is 69.7 cm³/mol. The van der Waals surface area contributed by atoms with E-state index in [0.29, 0.717) is 11.2 Å². The van der Waals surface area contributed by atoms with Crippen LogP contribution in [0.3, 0.4) is 0 Å². The summed E-state index contributed by atoms with van der Waals surface area (Å²) in [5.41, 5.74) is 8.84. The summed E-state index contributed by atoms with van der Waals surface area (Å²) in [6.07, 6.45) is 3.90. The van der Waals surface area contributed by atoms with Crippen LogP contribution in [0.5, 0.6) is 0 Å². The lowest BCUT2D eigenvalue weighted by molar-refractivity contribution is 0.715. The number of anilines is 1. The van der Waals surface area contributed by atoms with Crippen LogP contribution in [0.4, 0.5) is 5.95 Å². The molecule has 2 aromatic heterocycles. The van der Waals surface area contributed by atoms with Crippen molar-refractivity contribution in [1.29, 1.82) is 0 Å². The molecule has 0 aliphatic heterocycles. The lowest BCUT2D eigenvalue weighted by Crippen LogP contribution is -2.12. The van der Waals surface area contributed by atoms with Gasteiger partial charge in [0.15, 0.2) is 5.65 Å². The van der Waals surface area contributed by atoms with E-state index in [-0.39, 0.29) is 0 Å². The van der Waals surface area contributed by atoms with Gasteiger partial charge in [0.25, 0.3) is 0 Å². The van der Waals surface area contributed by atoms with Crippen LogP contribution >= 0.6 is 11.8 Å². The van der Waals surface area contributed by atoms with Gasteiger partial charge in [-0.1, -0.05) is 6.92 Å². The van der Waals surface area contributed by atoms with Gasteiger partial charge < -0.3 is 5.73 Å². The Morgan fingerprint density at radius 3 is 3.00 bits per heavy atom. The van der Waals surface area contributed by atoms with Crippen molar-refractivity contribution in [3.63, 3.8) is 0 Å². The first-order valence-corrected chi connectivity index (χ1v) is 6.52. The molecule has 2 heterocycles. The average molecular weight is 236 g/mol. The molecule has 0 saturated heterocycles. The average Bonchev–Trinajstić information content (AvgIpc) is 2.58. The van der Waals surface area contributed by atoms with Crippen molar-refractivity contribution < 1.29 is 0 Å². The normalized spacial score (nSPS) is 13.2. The highest BCUT2D eigenvalue weighted by Gasteiger charge is 2.12. The number of imidazole rings is 1. The highest BCUT2D eigenvalue weighted by molar-refractivity contribution is 7.99. The quantitative estimate of drug-likeness (QED) is 0.886. The molecule has 0 saturated carbocycles. The maximum atomic E-state index is 5.93. The Bertz CT molecular complexity index is 506. The molecule has 0 bridgehead atoms. The van der Waals surface area contributed by atoms with Crippen molar-refractivity contribution in [2.24, 2.45) is 0 Å². The zero-order chi connectivity index (χ0) is 11.7. The molecule has 4 nitrogen and oxygen atoms in total. The highest BCUT2D eigenvalue weighted by atomic mass is 32.2. The summed E-state index contributed by atoms with van der Waals surface area (Å²) in [5, 5.41) is 0.502. The van der Waals surface area contributed by atoms with Gasteiger partial charge in [-0.15, -0.1) is 0 Å². The van der Waals surface area contributed by atoms with Gasteiger partial charge in [-0.05, 0) is 24.8 Å². The Labute approximate surface area is 99.3 Å². The number of nitrogens with two attached hydrogens (primary N) is 1. The maximum absolute atomic E-state index is 5.93. The summed E-state index contributed by atoms with van der Waals surface area (Å²) >= 11 is 1.81. The minimum atomic E-state index is 0.502. The van der Waals surface area contributed by atoms with Crippen LogP contribution in [0, 0.1) is 6.92 Å². The zero-order valence-corrected chi connectivity index (χ0v) is 10.6. The number of aryl methyl sites for hydroxylation is 1. The summed E-state index contributed by atoms with van der Waals surface area (Å²) in [6, 6.07) is 1.96. The van der Waals surface area contributed by atoms with Gasteiger partial charge in [0.1, 0.15) is 5.52 Å². The largest absolute Gasteiger partial charge is 0.369 e. The number of hydrogen-bond donors (Lipinski definition) is 1. The van der Waals surface area contributed by atoms with E-state index in [0.717, 1.165) is 23.3 Å². The molecule has 0 radical (unpaired) electrons. The third kappa shape index (κ3) is 1.87. The second kappa shape index (κ2) is 4.33. The Balaban J connectivity index is 2.52. The van der Waals surface area contributed by atoms with E-state index in [9.17, 15) is 0 Å². The van der Waals surface area contributed by atoms with Crippen molar-refractivity contribution in [2.75, 3.05) is 12.0 Å². The zero-order valence-electron chi connectivity index (χ0n) is 9.77. The summed E-state index contributed by atoms with van der Waals surface area (Å²) < 4.78 is 1.99. The van der Waals surface area contributed by atoms with E-state index in [1.165, 1.54) is 0 Å². The molecule has 0 amide bonds. The van der Waals surface area contributed by atoms with Crippen LogP contribution < -0.4 is 5.73 Å². The SMILES string of the molecule is CSC(C)Cn1c(N)nc2c(C)ccnc21. The van der Waals surface area contributed by atoms with Gasteiger partial charge in [0, 0.05) is 18.0 Å². The van der Waals surface area contributed by atoms with Gasteiger partial charge in [0.05, 0.1) is 0 Å². The summed E-state index contributed by atoms with van der Waals surface area (Å²) in [4.78, 5) is 8.73. The van der Waals surface area contributed by atoms with Crippen molar-refractivity contribution in [3.8, 4) is 0 Å². The van der Waals surface area contributed by atoms with Gasteiger partial charge in [-0.2, -0.15) is 11.8 Å². The molecule has 0 aromatic carbocycles. The van der Waals surface area contributed by atoms with Crippen LogP contribution in [0.2, 0.25) is 0 Å². The number of aromatic nitrogens is 3. The first-order valence-electron chi connectivity index (χ1n) is 5.23. The number of thioether (sulfide) groups is 1. The number of nitrogen functional groups attached to an aromatic ring is 1. The van der Waals surface area contributed by atoms with Gasteiger partial charge in [-0.3, -0.25) is 4.57 Å². The van der Waals surface area contributed by atoms with Crippen molar-refractivity contribution in [2.45, 2.75) is 25.6 Å². The summed E-state index contributed by atoms with van der Waals surface area (Å²) in [7, 11) is 0. The Morgan fingerprint density at radius 1 is 1.56 bits per heavy atom. The van der Waals surface area contributed by atoms with Gasteiger partial charge in [0.2, 0.25) is 5.95 Å². The number of pyridine rings is 1. The standard InChI is InChI=1S/C11H16N4S/c1-7-4-5-13-10-9(7)14-11(12)15(10)6-8(2)16-3/h4-5,8H,6H2,1-3H3,(H2,12,14). The molecular formula is C11H16N4S. The van der Waals surface area contributed by atoms with Crippen molar-refractivity contribution >= 4 is 28.9 Å². The topological polar surface area (TPSA) is 56.7 Å². The second-order valence-electron chi connectivity index (χ2n) is 3.93. The fraction of sp³-hybridized carbons (Fsp3) is 0.455. The lowest BCUT2D eigenvalue weighted by atomic mass is 10.3. The molecule has 5 heteroatoms. The molecular weight excluding hydrogens is 220 g/mol. The third-order valence-corrected chi connectivity index (χ3v) is 3.66. The number of hydrogen-bond acceptors (Lipinski definition) is 4. The monoisotopic (exact) mass is 236 g/mol. The van der Waals surface area contributed by atoms with Crippen LogP contribution in [0.1, 0.15) is 12.5 Å². The molecule has 0 aliphatic rings. The molecule has 1 atom stereocenters. The van der Waals surface area contributed by atoms with Gasteiger partial charge >= 0.3 is 0 Å². The molecule has 2 rings (SSSR count). The molecule has 0 fully saturated rings. The van der Waals surface area contributed by atoms with E-state index in [2.05, 4.69) is 23.1 Å². The number of rotatable bonds is 3. The summed E-state index contributed by atoms with van der Waals surface area (Å²) in [6.45, 7) is 5.05. The highest BCUT2D eigenvalue weighted by Crippen LogP contribution is 2.20. The Kier molecular flexibility index (Phi) is 3.05. The maximum Gasteiger partial charge on any atom is 0.202 e. The smallest absolute Gasteiger partial charge is 0.202 e. The van der Waals surface area contributed by atoms with E-state index < -0.39 is 0 Å². The van der Waals surface area contributed by atoms with Gasteiger partial charge in [-0.25, -0.2) is 9.97 Å². The van der Waals surface area contributed by atoms with E-state index in [1.54, 1.807) is 6.20 Å². The molecule has 0 aliphatic carbocycles. The molecule has 1 unspecified atom stereocenters. The van der Waals surface area contributed by atoms with Crippen LogP contribution in [-0.4, -0.2) is 26.0 Å². The minimum Gasteiger partial charge on any atom is -0.369 e. The first-order chi connectivity index (χ1) is 7.63. The van der Waals surface area contributed by atoms with E-state index in [4.69, 9.17) is 5.73 Å². The summed E-state index contributed by atoms with van der Waals surface area (Å²) in [5.74, 6) is 0.553. The second-order valence-corrected chi connectivity index (χ2v) is 5.20. The number of fused-ring (bicyclic) bond motifs is 1. The van der Waals surface area contributed by atoms with Crippen molar-refractivity contribution in [3.05, 3.63) is 17.8 Å². The Hall–Kier alpha value is -1.23. The molecule has 86 valence electrons. The predicted octanol–water partition coefficient (Wildman–Crippen LogP) is 2.07. The van der Waals surface area contributed by atoms with Crippen LogP contribution in [0.25, 0.3) is 11.2 Å². The van der Waals surface area contributed by atoms with E-state index >= 15 is 0 Å².